The maximum atomic E-state index is 5.67. The van der Waals surface area contributed by atoms with Gasteiger partial charge in [-0.2, -0.15) is 0 Å². The highest BCUT2D eigenvalue weighted by Crippen LogP contribution is 2.13. The third-order valence-electron chi connectivity index (χ3n) is 1.22. The number of nitrogens with zero attached hydrogens (tertiary/aromatic N) is 2. The second-order valence-electron chi connectivity index (χ2n) is 1.94. The minimum Gasteiger partial charge on any atom is -0.382 e. The van der Waals surface area contributed by atoms with Crippen LogP contribution in [-0.4, -0.2) is 10.2 Å². The first kappa shape index (κ1) is 7.28. The quantitative estimate of drug-likeness (QED) is 0.668. The molecule has 1 heterocycles. The molecule has 0 fully saturated rings. The molecule has 0 aliphatic rings. The van der Waals surface area contributed by atoms with Crippen molar-refractivity contribution in [3.8, 4) is 0 Å². The van der Waals surface area contributed by atoms with E-state index in [0.717, 1.165) is 12.0 Å². The zero-order valence-corrected chi connectivity index (χ0v) is 6.39. The van der Waals surface area contributed by atoms with E-state index < -0.39 is 0 Å². The number of aryl methyl sites for hydroxylation is 1. The largest absolute Gasteiger partial charge is 0.382 e. The summed E-state index contributed by atoms with van der Waals surface area (Å²) in [6.45, 7) is 1.99. The topological polar surface area (TPSA) is 51.8 Å². The molecule has 0 amide bonds. The highest BCUT2D eigenvalue weighted by Gasteiger charge is 1.99. The van der Waals surface area contributed by atoms with Crippen molar-refractivity contribution in [1.82, 2.24) is 10.2 Å². The Bertz CT molecular complexity index is 236. The van der Waals surface area contributed by atoms with E-state index in [1.54, 1.807) is 6.07 Å². The van der Waals surface area contributed by atoms with Crippen LogP contribution in [0.4, 0.5) is 5.82 Å². The molecule has 0 unspecified atom stereocenters. The second-order valence-corrected chi connectivity index (χ2v) is 2.30. The Kier molecular flexibility index (Phi) is 2.06. The van der Waals surface area contributed by atoms with Crippen molar-refractivity contribution in [3.05, 3.63) is 16.8 Å². The van der Waals surface area contributed by atoms with E-state index in [4.69, 9.17) is 17.3 Å². The summed E-state index contributed by atoms with van der Waals surface area (Å²) >= 11 is 5.67. The molecule has 2 N–H and O–H groups in total. The van der Waals surface area contributed by atoms with E-state index in [2.05, 4.69) is 10.2 Å². The molecule has 1 rings (SSSR count). The number of anilines is 1. The molecule has 0 saturated heterocycles. The zero-order valence-electron chi connectivity index (χ0n) is 5.63. The van der Waals surface area contributed by atoms with Gasteiger partial charge in [0.25, 0.3) is 0 Å². The predicted molar refractivity (Wildman–Crippen MR) is 40.8 cm³/mol. The highest BCUT2D eigenvalue weighted by atomic mass is 35.5. The number of rotatable bonds is 1. The van der Waals surface area contributed by atoms with E-state index in [1.165, 1.54) is 0 Å². The molecular formula is C6H8ClN3. The van der Waals surface area contributed by atoms with Gasteiger partial charge in [0.2, 0.25) is 0 Å². The van der Waals surface area contributed by atoms with Gasteiger partial charge in [-0.25, -0.2) is 0 Å². The third-order valence-corrected chi connectivity index (χ3v) is 1.54. The van der Waals surface area contributed by atoms with Gasteiger partial charge < -0.3 is 5.73 Å². The van der Waals surface area contributed by atoms with Crippen LogP contribution in [0, 0.1) is 0 Å². The van der Waals surface area contributed by atoms with Crippen LogP contribution in [0.2, 0.25) is 5.15 Å². The van der Waals surface area contributed by atoms with Crippen LogP contribution in [0.15, 0.2) is 6.07 Å². The first-order valence-electron chi connectivity index (χ1n) is 3.01. The summed E-state index contributed by atoms with van der Waals surface area (Å²) < 4.78 is 0. The smallest absolute Gasteiger partial charge is 0.155 e. The van der Waals surface area contributed by atoms with Crippen molar-refractivity contribution >= 4 is 17.4 Å². The van der Waals surface area contributed by atoms with Crippen LogP contribution in [0.5, 0.6) is 0 Å². The molecule has 0 saturated carbocycles. The molecular weight excluding hydrogens is 150 g/mol. The summed E-state index contributed by atoms with van der Waals surface area (Å²) in [7, 11) is 0. The highest BCUT2D eigenvalue weighted by molar-refractivity contribution is 6.30. The van der Waals surface area contributed by atoms with E-state index in [-0.39, 0.29) is 0 Å². The average Bonchev–Trinajstić information content (AvgIpc) is 1.94. The monoisotopic (exact) mass is 157 g/mol. The Morgan fingerprint density at radius 2 is 2.30 bits per heavy atom. The van der Waals surface area contributed by atoms with E-state index >= 15 is 0 Å². The van der Waals surface area contributed by atoms with Crippen molar-refractivity contribution < 1.29 is 0 Å². The summed E-state index contributed by atoms with van der Waals surface area (Å²) in [5.41, 5.74) is 6.31. The Labute approximate surface area is 64.2 Å². The van der Waals surface area contributed by atoms with Gasteiger partial charge in [-0.15, -0.1) is 10.2 Å². The molecule has 0 bridgehead atoms. The lowest BCUT2D eigenvalue weighted by Gasteiger charge is -1.97. The van der Waals surface area contributed by atoms with E-state index in [9.17, 15) is 0 Å². The zero-order chi connectivity index (χ0) is 7.56. The Balaban J connectivity index is 3.09. The van der Waals surface area contributed by atoms with Crippen molar-refractivity contribution in [3.63, 3.8) is 0 Å². The molecule has 54 valence electrons. The van der Waals surface area contributed by atoms with E-state index in [0.29, 0.717) is 11.0 Å². The molecule has 1 aromatic heterocycles. The van der Waals surface area contributed by atoms with Gasteiger partial charge in [0.1, 0.15) is 5.82 Å². The maximum Gasteiger partial charge on any atom is 0.155 e. The van der Waals surface area contributed by atoms with Gasteiger partial charge in [0, 0.05) is 0 Å². The number of hydrogen-bond acceptors (Lipinski definition) is 3. The minimum atomic E-state index is 0.418. The predicted octanol–water partition coefficient (Wildman–Crippen LogP) is 1.27. The second kappa shape index (κ2) is 2.84. The molecule has 0 aliphatic heterocycles. The van der Waals surface area contributed by atoms with Crippen LogP contribution in [-0.2, 0) is 6.42 Å². The Morgan fingerprint density at radius 1 is 1.60 bits per heavy atom. The lowest BCUT2D eigenvalue weighted by atomic mass is 10.2. The van der Waals surface area contributed by atoms with Gasteiger partial charge in [-0.05, 0) is 18.1 Å². The van der Waals surface area contributed by atoms with Crippen LogP contribution >= 0.6 is 11.6 Å². The standard InChI is InChI=1S/C6H8ClN3/c1-2-4-3-5(8)9-10-6(4)7/h3H,2H2,1H3,(H2,8,9). The third kappa shape index (κ3) is 1.36. The van der Waals surface area contributed by atoms with Crippen molar-refractivity contribution in [2.75, 3.05) is 5.73 Å². The van der Waals surface area contributed by atoms with Crippen LogP contribution in [0.25, 0.3) is 0 Å². The van der Waals surface area contributed by atoms with E-state index in [1.807, 2.05) is 6.92 Å². The average molecular weight is 158 g/mol. The van der Waals surface area contributed by atoms with Crippen LogP contribution in [0.3, 0.4) is 0 Å². The number of nitrogen functional groups attached to an aromatic ring is 1. The van der Waals surface area contributed by atoms with Crippen molar-refractivity contribution in [1.29, 1.82) is 0 Å². The Hall–Kier alpha value is -0.830. The minimum absolute atomic E-state index is 0.418. The summed E-state index contributed by atoms with van der Waals surface area (Å²) in [5, 5.41) is 7.66. The molecule has 3 nitrogen and oxygen atoms in total. The number of nitrogens with two attached hydrogens (primary N) is 1. The van der Waals surface area contributed by atoms with Gasteiger partial charge in [0.15, 0.2) is 5.15 Å². The normalized spacial score (nSPS) is 9.80. The summed E-state index contributed by atoms with van der Waals surface area (Å²) in [6, 6.07) is 1.73. The van der Waals surface area contributed by atoms with Crippen LogP contribution in [0.1, 0.15) is 12.5 Å². The molecule has 4 heteroatoms. The number of aromatic nitrogens is 2. The maximum absolute atomic E-state index is 5.67. The fourth-order valence-corrected chi connectivity index (χ4v) is 0.907. The lowest BCUT2D eigenvalue weighted by molar-refractivity contribution is 0.993. The van der Waals surface area contributed by atoms with Crippen molar-refractivity contribution in [2.24, 2.45) is 0 Å². The number of halogens is 1. The van der Waals surface area contributed by atoms with Gasteiger partial charge in [0.05, 0.1) is 0 Å². The summed E-state index contributed by atoms with van der Waals surface area (Å²) in [6.07, 6.45) is 0.832. The molecule has 10 heavy (non-hydrogen) atoms. The molecule has 0 spiro atoms. The molecule has 0 aromatic carbocycles. The summed E-state index contributed by atoms with van der Waals surface area (Å²) in [5.74, 6) is 0.418. The van der Waals surface area contributed by atoms with Gasteiger partial charge in [-0.3, -0.25) is 0 Å². The number of hydrogen-bond donors (Lipinski definition) is 1. The molecule has 0 radical (unpaired) electrons. The van der Waals surface area contributed by atoms with Crippen molar-refractivity contribution in [2.45, 2.75) is 13.3 Å². The molecule has 0 aliphatic carbocycles. The molecule has 1 aromatic rings. The summed E-state index contributed by atoms with van der Waals surface area (Å²) in [4.78, 5) is 0. The lowest BCUT2D eigenvalue weighted by Crippen LogP contribution is -1.96. The first-order chi connectivity index (χ1) is 4.74. The first-order valence-corrected chi connectivity index (χ1v) is 3.39. The van der Waals surface area contributed by atoms with Gasteiger partial charge >= 0.3 is 0 Å². The SMILES string of the molecule is CCc1cc(N)nnc1Cl. The fourth-order valence-electron chi connectivity index (χ4n) is 0.681. The molecule has 0 atom stereocenters. The Morgan fingerprint density at radius 3 is 2.80 bits per heavy atom. The fraction of sp³-hybridized carbons (Fsp3) is 0.333. The van der Waals surface area contributed by atoms with Gasteiger partial charge in [-0.1, -0.05) is 18.5 Å². The van der Waals surface area contributed by atoms with Crippen LogP contribution < -0.4 is 5.73 Å².